The summed E-state index contributed by atoms with van der Waals surface area (Å²) in [7, 11) is 1.10. The number of fused-ring (bicyclic) bond motifs is 2. The number of likely N-dealkylation sites (N-methyl/N-ethyl adjacent to an activating group) is 1. The van der Waals surface area contributed by atoms with Crippen molar-refractivity contribution >= 4 is 26.5 Å². The van der Waals surface area contributed by atoms with Crippen LogP contribution >= 0.6 is 0 Å². The molecule has 2 aromatic rings. The molecule has 3 aliphatic heterocycles. The second kappa shape index (κ2) is 6.21. The van der Waals surface area contributed by atoms with Crippen molar-refractivity contribution in [3.63, 3.8) is 0 Å². The number of hydrogen-bond acceptors (Lipinski definition) is 2. The maximum atomic E-state index is 13.8. The number of nitrogens with zero attached hydrogens (tertiary/aromatic N) is 3. The van der Waals surface area contributed by atoms with E-state index in [1.165, 1.54) is 24.2 Å². The summed E-state index contributed by atoms with van der Waals surface area (Å²) in [6, 6.07) is 8.09. The number of piperazine rings is 1. The highest BCUT2D eigenvalue weighted by Crippen LogP contribution is 2.52. The number of hydrogen-bond donors (Lipinski definition) is 0. The molecule has 0 atom stereocenters. The van der Waals surface area contributed by atoms with Crippen molar-refractivity contribution in [3.05, 3.63) is 35.4 Å². The molecular formula is C24H35N3O2S+2. The van der Waals surface area contributed by atoms with Crippen LogP contribution in [-0.2, 0) is 23.1 Å². The Bertz CT molecular complexity index is 1140. The lowest BCUT2D eigenvalue weighted by molar-refractivity contribution is -1.03. The smallest absolute Gasteiger partial charge is 0.265 e. The lowest BCUT2D eigenvalue weighted by Gasteiger charge is -2.44. The van der Waals surface area contributed by atoms with E-state index in [-0.39, 0.29) is 0 Å². The van der Waals surface area contributed by atoms with Gasteiger partial charge in [0.1, 0.15) is 39.3 Å². The van der Waals surface area contributed by atoms with Crippen LogP contribution in [0.1, 0.15) is 44.7 Å². The molecule has 0 aromatic heterocycles. The molecule has 0 N–H and O–H groups in total. The fourth-order valence-corrected chi connectivity index (χ4v) is 8.03. The van der Waals surface area contributed by atoms with Crippen LogP contribution in [0.4, 0.5) is 5.69 Å². The number of benzene rings is 2. The molecule has 30 heavy (non-hydrogen) atoms. The number of sulfonamides is 1. The maximum Gasteiger partial charge on any atom is 0.265 e. The van der Waals surface area contributed by atoms with Crippen molar-refractivity contribution in [1.29, 1.82) is 0 Å². The maximum absolute atomic E-state index is 13.8. The first kappa shape index (κ1) is 20.3. The van der Waals surface area contributed by atoms with Crippen LogP contribution in [0.2, 0.25) is 0 Å². The van der Waals surface area contributed by atoms with Gasteiger partial charge in [0.15, 0.2) is 0 Å². The van der Waals surface area contributed by atoms with Crippen molar-refractivity contribution in [2.75, 3.05) is 44.6 Å². The first-order chi connectivity index (χ1) is 14.1. The highest BCUT2D eigenvalue weighted by Gasteiger charge is 2.50. The van der Waals surface area contributed by atoms with Gasteiger partial charge >= 0.3 is 0 Å². The summed E-state index contributed by atoms with van der Waals surface area (Å²) >= 11 is 0. The van der Waals surface area contributed by atoms with Crippen molar-refractivity contribution in [2.45, 2.75) is 57.1 Å². The largest absolute Gasteiger partial charge is 0.319 e. The standard InChI is InChI=1S/C24H35N3O2S/c1-6-24(3,7-2)25-23-20-17-27(13-11-26(4,5)12-14-27)16-19(20)15-18-9-8-10-21(22(18)23)30(25,28)29/h8-10,15H,6-7,11-14,16-17H2,1-5H3/q+2. The Balaban J connectivity index is 1.73. The molecule has 0 bridgehead atoms. The minimum absolute atomic E-state index is 0.409. The molecular weight excluding hydrogens is 394 g/mol. The van der Waals surface area contributed by atoms with E-state index in [0.29, 0.717) is 4.90 Å². The van der Waals surface area contributed by atoms with Gasteiger partial charge in [0.2, 0.25) is 0 Å². The lowest BCUT2D eigenvalue weighted by Crippen LogP contribution is -2.61. The van der Waals surface area contributed by atoms with Crippen molar-refractivity contribution in [1.82, 2.24) is 0 Å². The van der Waals surface area contributed by atoms with Crippen LogP contribution in [0.3, 0.4) is 0 Å². The average molecular weight is 430 g/mol. The van der Waals surface area contributed by atoms with E-state index >= 15 is 0 Å². The van der Waals surface area contributed by atoms with Crippen LogP contribution in [0.5, 0.6) is 0 Å². The normalized spacial score (nSPS) is 23.3. The van der Waals surface area contributed by atoms with Crippen LogP contribution in [0, 0.1) is 0 Å². The van der Waals surface area contributed by atoms with Crippen molar-refractivity contribution in [2.24, 2.45) is 0 Å². The Kier molecular flexibility index (Phi) is 4.20. The third-order valence-electron chi connectivity index (χ3n) is 8.39. The Morgan fingerprint density at radius 2 is 1.70 bits per heavy atom. The van der Waals surface area contributed by atoms with Gasteiger partial charge in [-0.25, -0.2) is 8.42 Å². The summed E-state index contributed by atoms with van der Waals surface area (Å²) in [6.07, 6.45) is 1.60. The number of quaternary nitrogens is 2. The molecule has 3 aliphatic rings. The van der Waals surface area contributed by atoms with Gasteiger partial charge in [0, 0.05) is 16.5 Å². The van der Waals surface area contributed by atoms with Crippen molar-refractivity contribution in [3.8, 4) is 0 Å². The third kappa shape index (κ3) is 2.63. The van der Waals surface area contributed by atoms with Gasteiger partial charge in [0.25, 0.3) is 10.0 Å². The zero-order valence-electron chi connectivity index (χ0n) is 19.0. The molecule has 1 spiro atoms. The molecule has 0 unspecified atom stereocenters. The minimum atomic E-state index is -3.54. The molecule has 0 radical (unpaired) electrons. The molecule has 0 aliphatic carbocycles. The predicted octanol–water partition coefficient (Wildman–Crippen LogP) is 3.85. The second-order valence-corrected chi connectivity index (χ2v) is 12.4. The molecule has 162 valence electrons. The van der Waals surface area contributed by atoms with Gasteiger partial charge in [-0.2, -0.15) is 0 Å². The topological polar surface area (TPSA) is 37.4 Å². The summed E-state index contributed by atoms with van der Waals surface area (Å²) in [5.41, 5.74) is 3.24. The van der Waals surface area contributed by atoms with Gasteiger partial charge in [-0.05, 0) is 37.3 Å². The van der Waals surface area contributed by atoms with Gasteiger partial charge in [0.05, 0.1) is 30.2 Å². The Hall–Kier alpha value is -1.63. The summed E-state index contributed by atoms with van der Waals surface area (Å²) in [5.74, 6) is 0. The Morgan fingerprint density at radius 1 is 1.03 bits per heavy atom. The van der Waals surface area contributed by atoms with Crippen LogP contribution in [0.25, 0.3) is 10.8 Å². The molecule has 2 aromatic carbocycles. The molecule has 1 fully saturated rings. The zero-order chi connectivity index (χ0) is 21.5. The molecule has 1 saturated heterocycles. The Morgan fingerprint density at radius 3 is 2.33 bits per heavy atom. The monoisotopic (exact) mass is 429 g/mol. The molecule has 5 nitrogen and oxygen atoms in total. The van der Waals surface area contributed by atoms with Gasteiger partial charge in [-0.15, -0.1) is 0 Å². The van der Waals surface area contributed by atoms with Crippen LogP contribution < -0.4 is 4.31 Å². The van der Waals surface area contributed by atoms with Gasteiger partial charge in [-0.3, -0.25) is 4.31 Å². The summed E-state index contributed by atoms with van der Waals surface area (Å²) < 4.78 is 31.6. The van der Waals surface area contributed by atoms with E-state index in [4.69, 9.17) is 0 Å². The fraction of sp³-hybridized carbons (Fsp3) is 0.583. The molecule has 0 amide bonds. The molecule has 6 heteroatoms. The Labute approximate surface area is 181 Å². The van der Waals surface area contributed by atoms with Gasteiger partial charge in [-0.1, -0.05) is 26.0 Å². The van der Waals surface area contributed by atoms with E-state index in [1.54, 1.807) is 6.07 Å². The second-order valence-electron chi connectivity index (χ2n) is 10.7. The van der Waals surface area contributed by atoms with E-state index in [1.807, 2.05) is 10.4 Å². The first-order valence-electron chi connectivity index (χ1n) is 11.4. The molecule has 5 rings (SSSR count). The quantitative estimate of drug-likeness (QED) is 0.695. The highest BCUT2D eigenvalue weighted by atomic mass is 32.2. The van der Waals surface area contributed by atoms with E-state index < -0.39 is 15.6 Å². The number of rotatable bonds is 3. The fourth-order valence-electron chi connectivity index (χ4n) is 5.83. The lowest BCUT2D eigenvalue weighted by atomic mass is 9.92. The molecule has 3 heterocycles. The summed E-state index contributed by atoms with van der Waals surface area (Å²) in [5, 5.41) is 2.03. The van der Waals surface area contributed by atoms with Crippen LogP contribution in [0.15, 0.2) is 29.2 Å². The molecule has 0 saturated carbocycles. The summed E-state index contributed by atoms with van der Waals surface area (Å²) in [4.78, 5) is 0.501. The van der Waals surface area contributed by atoms with Crippen molar-refractivity contribution < 1.29 is 17.4 Å². The third-order valence-corrected chi connectivity index (χ3v) is 10.4. The predicted molar refractivity (Wildman–Crippen MR) is 122 cm³/mol. The summed E-state index contributed by atoms with van der Waals surface area (Å²) in [6.45, 7) is 13.0. The SMILES string of the molecule is CCC(C)(CC)N1c2c3c(cc4cccc(c24)S1(=O)=O)C[N+]1(CC[N+](C)(C)CC1)C3. The first-order valence-corrected chi connectivity index (χ1v) is 12.8. The zero-order valence-corrected chi connectivity index (χ0v) is 19.8. The van der Waals surface area contributed by atoms with Crippen LogP contribution in [-0.4, -0.2) is 63.2 Å². The average Bonchev–Trinajstić information content (AvgIpc) is 3.19. The van der Waals surface area contributed by atoms with E-state index in [9.17, 15) is 8.42 Å². The van der Waals surface area contributed by atoms with Gasteiger partial charge < -0.3 is 8.97 Å². The number of anilines is 1. The van der Waals surface area contributed by atoms with E-state index in [2.05, 4.69) is 47.0 Å². The van der Waals surface area contributed by atoms with E-state index in [0.717, 1.165) is 64.4 Å². The highest BCUT2D eigenvalue weighted by molar-refractivity contribution is 7.93. The minimum Gasteiger partial charge on any atom is -0.319 e.